The van der Waals surface area contributed by atoms with Gasteiger partial charge in [-0.1, -0.05) is 6.07 Å². The summed E-state index contributed by atoms with van der Waals surface area (Å²) in [5, 5.41) is 5.10. The molecule has 90 valence electrons. The predicted molar refractivity (Wildman–Crippen MR) is 73.4 cm³/mol. The summed E-state index contributed by atoms with van der Waals surface area (Å²) in [5.41, 5.74) is 3.99. The number of hydrogen-bond donors (Lipinski definition) is 1. The van der Waals surface area contributed by atoms with E-state index in [0.717, 1.165) is 22.5 Å². The molecule has 0 bridgehead atoms. The molecule has 0 fully saturated rings. The average molecular weight is 313 g/mol. The quantitative estimate of drug-likeness (QED) is 0.920. The van der Waals surface area contributed by atoms with Gasteiger partial charge in [-0.3, -0.25) is 0 Å². The van der Waals surface area contributed by atoms with E-state index in [1.165, 1.54) is 5.56 Å². The Hall–Kier alpha value is -0.910. The molecule has 0 amide bonds. The molecule has 2 aromatic rings. The number of hydrogen-bond acceptors (Lipinski definition) is 4. The Balaban J connectivity index is 2.01. The molecule has 0 saturated heterocycles. The van der Waals surface area contributed by atoms with E-state index in [1.807, 2.05) is 24.0 Å². The fourth-order valence-electron chi connectivity index (χ4n) is 1.44. The summed E-state index contributed by atoms with van der Waals surface area (Å²) >= 11 is 5.09. The average Bonchev–Trinajstić information content (AvgIpc) is 2.81. The Labute approximate surface area is 113 Å². The highest BCUT2D eigenvalue weighted by atomic mass is 79.9. The molecule has 0 aliphatic heterocycles. The molecule has 0 radical (unpaired) electrons. The van der Waals surface area contributed by atoms with Crippen LogP contribution in [0.5, 0.6) is 5.75 Å². The van der Waals surface area contributed by atoms with Gasteiger partial charge in [0.05, 0.1) is 15.7 Å². The Morgan fingerprint density at radius 2 is 2.35 bits per heavy atom. The molecule has 0 unspecified atom stereocenters. The Kier molecular flexibility index (Phi) is 4.53. The number of ether oxygens (including phenoxy) is 1. The van der Waals surface area contributed by atoms with Gasteiger partial charge < -0.3 is 10.1 Å². The first-order chi connectivity index (χ1) is 8.29. The standard InChI is InChI=1S/C12H13BrN2OS/c1-14-5-9-2-3-12(11(13)4-9)16-6-10-7-17-8-15-10/h2-4,7-8,14H,5-6H2,1H3. The molecular formula is C12H13BrN2OS. The van der Waals surface area contributed by atoms with Gasteiger partial charge in [0.1, 0.15) is 12.4 Å². The first-order valence-corrected chi connectivity index (χ1v) is 6.96. The maximum Gasteiger partial charge on any atom is 0.134 e. The van der Waals surface area contributed by atoms with Crippen LogP contribution in [0.4, 0.5) is 0 Å². The van der Waals surface area contributed by atoms with Gasteiger partial charge in [0.15, 0.2) is 0 Å². The van der Waals surface area contributed by atoms with Crippen LogP contribution in [0.15, 0.2) is 33.6 Å². The molecule has 3 nitrogen and oxygen atoms in total. The summed E-state index contributed by atoms with van der Waals surface area (Å²) in [5.74, 6) is 0.845. The lowest BCUT2D eigenvalue weighted by Gasteiger charge is -2.08. The fourth-order valence-corrected chi connectivity index (χ4v) is 2.52. The van der Waals surface area contributed by atoms with Gasteiger partial charge in [-0.05, 0) is 40.7 Å². The van der Waals surface area contributed by atoms with Crippen LogP contribution in [0.1, 0.15) is 11.3 Å². The Bertz CT molecular complexity index is 473. The van der Waals surface area contributed by atoms with Crippen LogP contribution >= 0.6 is 27.3 Å². The van der Waals surface area contributed by atoms with Gasteiger partial charge in [0.25, 0.3) is 0 Å². The molecule has 0 spiro atoms. The Morgan fingerprint density at radius 3 is 3.00 bits per heavy atom. The number of rotatable bonds is 5. The van der Waals surface area contributed by atoms with E-state index in [0.29, 0.717) is 6.61 Å². The van der Waals surface area contributed by atoms with Crippen LogP contribution in [0.3, 0.4) is 0 Å². The van der Waals surface area contributed by atoms with Crippen molar-refractivity contribution in [1.29, 1.82) is 0 Å². The number of aromatic nitrogens is 1. The van der Waals surface area contributed by atoms with Gasteiger partial charge in [0.2, 0.25) is 0 Å². The molecule has 1 aromatic carbocycles. The number of thiazole rings is 1. The van der Waals surface area contributed by atoms with Crippen LogP contribution in [0.25, 0.3) is 0 Å². The van der Waals surface area contributed by atoms with Gasteiger partial charge in [-0.15, -0.1) is 11.3 Å². The van der Waals surface area contributed by atoms with Gasteiger partial charge >= 0.3 is 0 Å². The van der Waals surface area contributed by atoms with E-state index in [9.17, 15) is 0 Å². The Morgan fingerprint density at radius 1 is 1.47 bits per heavy atom. The third-order valence-electron chi connectivity index (χ3n) is 2.24. The zero-order chi connectivity index (χ0) is 12.1. The molecule has 1 heterocycles. The fraction of sp³-hybridized carbons (Fsp3) is 0.250. The number of halogens is 1. The summed E-state index contributed by atoms with van der Waals surface area (Å²) in [6, 6.07) is 6.09. The number of nitrogens with one attached hydrogen (secondary N) is 1. The number of benzene rings is 1. The first kappa shape index (κ1) is 12.5. The lowest BCUT2D eigenvalue weighted by molar-refractivity contribution is 0.300. The monoisotopic (exact) mass is 312 g/mol. The summed E-state index contributed by atoms with van der Waals surface area (Å²) < 4.78 is 6.66. The van der Waals surface area contributed by atoms with Crippen molar-refractivity contribution in [2.75, 3.05) is 7.05 Å². The summed E-state index contributed by atoms with van der Waals surface area (Å²) in [6.07, 6.45) is 0. The van der Waals surface area contributed by atoms with Crippen LogP contribution < -0.4 is 10.1 Å². The second kappa shape index (κ2) is 6.14. The molecule has 0 aliphatic carbocycles. The summed E-state index contributed by atoms with van der Waals surface area (Å²) in [6.45, 7) is 1.36. The summed E-state index contributed by atoms with van der Waals surface area (Å²) in [4.78, 5) is 4.18. The van der Waals surface area contributed by atoms with Crippen molar-refractivity contribution in [3.05, 3.63) is 44.8 Å². The smallest absolute Gasteiger partial charge is 0.134 e. The zero-order valence-corrected chi connectivity index (χ0v) is 11.8. The highest BCUT2D eigenvalue weighted by Crippen LogP contribution is 2.26. The highest BCUT2D eigenvalue weighted by Gasteiger charge is 2.03. The van der Waals surface area contributed by atoms with E-state index >= 15 is 0 Å². The maximum absolute atomic E-state index is 5.69. The SMILES string of the molecule is CNCc1ccc(OCc2cscn2)c(Br)c1. The minimum absolute atomic E-state index is 0.507. The summed E-state index contributed by atoms with van der Waals surface area (Å²) in [7, 11) is 1.93. The predicted octanol–water partition coefficient (Wildman–Crippen LogP) is 3.20. The van der Waals surface area contributed by atoms with E-state index in [2.05, 4.69) is 38.4 Å². The van der Waals surface area contributed by atoms with Crippen molar-refractivity contribution in [3.63, 3.8) is 0 Å². The van der Waals surface area contributed by atoms with Gasteiger partial charge in [-0.2, -0.15) is 0 Å². The second-order valence-corrected chi connectivity index (χ2v) is 5.14. The first-order valence-electron chi connectivity index (χ1n) is 5.22. The van der Waals surface area contributed by atoms with Crippen molar-refractivity contribution >= 4 is 27.3 Å². The molecule has 0 saturated carbocycles. The van der Waals surface area contributed by atoms with Gasteiger partial charge in [0, 0.05) is 11.9 Å². The van der Waals surface area contributed by atoms with E-state index in [-0.39, 0.29) is 0 Å². The highest BCUT2D eigenvalue weighted by molar-refractivity contribution is 9.10. The largest absolute Gasteiger partial charge is 0.486 e. The molecule has 0 aliphatic rings. The second-order valence-electron chi connectivity index (χ2n) is 3.56. The topological polar surface area (TPSA) is 34.1 Å². The van der Waals surface area contributed by atoms with E-state index < -0.39 is 0 Å². The zero-order valence-electron chi connectivity index (χ0n) is 9.44. The van der Waals surface area contributed by atoms with Crippen molar-refractivity contribution in [1.82, 2.24) is 10.3 Å². The van der Waals surface area contributed by atoms with Crippen molar-refractivity contribution in [3.8, 4) is 5.75 Å². The molecule has 1 aromatic heterocycles. The van der Waals surface area contributed by atoms with Crippen LogP contribution in [-0.2, 0) is 13.2 Å². The van der Waals surface area contributed by atoms with Crippen molar-refractivity contribution in [2.24, 2.45) is 0 Å². The van der Waals surface area contributed by atoms with Crippen LogP contribution in [0, 0.1) is 0 Å². The molecule has 1 N–H and O–H groups in total. The lowest BCUT2D eigenvalue weighted by atomic mass is 10.2. The molecule has 2 rings (SSSR count). The molecule has 17 heavy (non-hydrogen) atoms. The van der Waals surface area contributed by atoms with Crippen molar-refractivity contribution in [2.45, 2.75) is 13.2 Å². The van der Waals surface area contributed by atoms with E-state index in [4.69, 9.17) is 4.74 Å². The minimum Gasteiger partial charge on any atom is -0.486 e. The minimum atomic E-state index is 0.507. The third-order valence-corrected chi connectivity index (χ3v) is 3.49. The molecular weight excluding hydrogens is 300 g/mol. The van der Waals surface area contributed by atoms with Gasteiger partial charge in [-0.25, -0.2) is 4.98 Å². The lowest BCUT2D eigenvalue weighted by Crippen LogP contribution is -2.05. The van der Waals surface area contributed by atoms with Crippen LogP contribution in [-0.4, -0.2) is 12.0 Å². The number of nitrogens with zero attached hydrogens (tertiary/aromatic N) is 1. The normalized spacial score (nSPS) is 10.5. The van der Waals surface area contributed by atoms with Crippen LogP contribution in [0.2, 0.25) is 0 Å². The van der Waals surface area contributed by atoms with E-state index in [1.54, 1.807) is 11.3 Å². The molecule has 5 heteroatoms. The molecule has 0 atom stereocenters. The van der Waals surface area contributed by atoms with Crippen molar-refractivity contribution < 1.29 is 4.74 Å². The maximum atomic E-state index is 5.69. The third kappa shape index (κ3) is 3.52.